The molecule has 1 heterocycles. The zero-order valence-corrected chi connectivity index (χ0v) is 15.4. The summed E-state index contributed by atoms with van der Waals surface area (Å²) in [4.78, 5) is 20.3. The van der Waals surface area contributed by atoms with Gasteiger partial charge in [-0.1, -0.05) is 18.2 Å². The van der Waals surface area contributed by atoms with Crippen molar-refractivity contribution in [3.8, 4) is 0 Å². The lowest BCUT2D eigenvalue weighted by atomic mass is 10.1. The van der Waals surface area contributed by atoms with Crippen molar-refractivity contribution in [1.82, 2.24) is 9.97 Å². The van der Waals surface area contributed by atoms with Crippen molar-refractivity contribution in [2.24, 2.45) is 0 Å². The molecule has 0 fully saturated rings. The van der Waals surface area contributed by atoms with Crippen LogP contribution in [0.5, 0.6) is 0 Å². The maximum atomic E-state index is 11.4. The SMILES string of the molecule is CC(=O)c1ccc(Nc2cc(Nc3c(C)cccc3C)nc(C)n2)cc1. The first-order valence-corrected chi connectivity index (χ1v) is 8.49. The van der Waals surface area contributed by atoms with Crippen LogP contribution in [0.2, 0.25) is 0 Å². The average Bonchev–Trinajstić information content (AvgIpc) is 2.58. The number of benzene rings is 2. The van der Waals surface area contributed by atoms with Gasteiger partial charge in [0, 0.05) is 23.0 Å². The highest BCUT2D eigenvalue weighted by Crippen LogP contribution is 2.25. The standard InChI is InChI=1S/C21H22N4O/c1-13-6-5-7-14(2)21(13)25-20-12-19(22-16(4)23-20)24-18-10-8-17(9-11-18)15(3)26/h5-12H,1-4H3,(H2,22,23,24,25). The summed E-state index contributed by atoms with van der Waals surface area (Å²) in [6, 6.07) is 15.4. The van der Waals surface area contributed by atoms with E-state index in [1.807, 2.05) is 31.2 Å². The number of para-hydroxylation sites is 1. The molecule has 0 amide bonds. The normalized spacial score (nSPS) is 10.5. The first-order valence-electron chi connectivity index (χ1n) is 8.49. The molecule has 0 atom stereocenters. The van der Waals surface area contributed by atoms with Crippen molar-refractivity contribution in [1.29, 1.82) is 0 Å². The fourth-order valence-electron chi connectivity index (χ4n) is 2.77. The predicted molar refractivity (Wildman–Crippen MR) is 106 cm³/mol. The van der Waals surface area contributed by atoms with E-state index in [2.05, 4.69) is 46.6 Å². The van der Waals surface area contributed by atoms with Crippen molar-refractivity contribution >= 4 is 28.8 Å². The Labute approximate surface area is 153 Å². The van der Waals surface area contributed by atoms with Crippen molar-refractivity contribution in [3.63, 3.8) is 0 Å². The zero-order valence-electron chi connectivity index (χ0n) is 15.4. The molecular formula is C21H22N4O. The number of aromatic nitrogens is 2. The second-order valence-electron chi connectivity index (χ2n) is 6.34. The third kappa shape index (κ3) is 4.06. The van der Waals surface area contributed by atoms with E-state index in [1.54, 1.807) is 19.1 Å². The Bertz CT molecular complexity index is 928. The topological polar surface area (TPSA) is 66.9 Å². The van der Waals surface area contributed by atoms with Gasteiger partial charge >= 0.3 is 0 Å². The number of aryl methyl sites for hydroxylation is 3. The van der Waals surface area contributed by atoms with E-state index >= 15 is 0 Å². The van der Waals surface area contributed by atoms with Gasteiger partial charge in [0.1, 0.15) is 17.5 Å². The van der Waals surface area contributed by atoms with Crippen LogP contribution in [0.15, 0.2) is 48.5 Å². The summed E-state index contributed by atoms with van der Waals surface area (Å²) in [5, 5.41) is 6.66. The molecule has 5 nitrogen and oxygen atoms in total. The van der Waals surface area contributed by atoms with Crippen molar-refractivity contribution in [2.45, 2.75) is 27.7 Å². The number of carbonyl (C=O) groups is 1. The fraction of sp³-hybridized carbons (Fsp3) is 0.190. The maximum Gasteiger partial charge on any atom is 0.159 e. The number of Topliss-reactive ketones (excluding diaryl/α,β-unsaturated/α-hetero) is 1. The molecule has 0 aliphatic rings. The van der Waals surface area contributed by atoms with Gasteiger partial charge in [0.2, 0.25) is 0 Å². The minimum Gasteiger partial charge on any atom is -0.340 e. The molecule has 3 aromatic rings. The molecule has 0 aliphatic carbocycles. The molecule has 0 bridgehead atoms. The highest BCUT2D eigenvalue weighted by molar-refractivity contribution is 5.94. The fourth-order valence-corrected chi connectivity index (χ4v) is 2.77. The Morgan fingerprint density at radius 2 is 1.42 bits per heavy atom. The van der Waals surface area contributed by atoms with Crippen LogP contribution in [-0.2, 0) is 0 Å². The van der Waals surface area contributed by atoms with Crippen LogP contribution in [0.25, 0.3) is 0 Å². The van der Waals surface area contributed by atoms with Gasteiger partial charge < -0.3 is 10.6 Å². The molecule has 0 aliphatic heterocycles. The zero-order chi connectivity index (χ0) is 18.7. The Balaban J connectivity index is 1.84. The molecule has 3 rings (SSSR count). The van der Waals surface area contributed by atoms with Gasteiger partial charge in [-0.2, -0.15) is 0 Å². The lowest BCUT2D eigenvalue weighted by Crippen LogP contribution is -2.03. The highest BCUT2D eigenvalue weighted by atomic mass is 16.1. The molecule has 1 aromatic heterocycles. The summed E-state index contributed by atoms with van der Waals surface area (Å²) in [5.74, 6) is 2.15. The van der Waals surface area contributed by atoms with Gasteiger partial charge in [-0.05, 0) is 63.1 Å². The largest absolute Gasteiger partial charge is 0.340 e. The lowest BCUT2D eigenvalue weighted by molar-refractivity contribution is 0.101. The highest BCUT2D eigenvalue weighted by Gasteiger charge is 2.07. The van der Waals surface area contributed by atoms with Crippen LogP contribution in [-0.4, -0.2) is 15.8 Å². The molecule has 0 unspecified atom stereocenters. The van der Waals surface area contributed by atoms with E-state index in [1.165, 1.54) is 0 Å². The van der Waals surface area contributed by atoms with Crippen molar-refractivity contribution in [2.75, 3.05) is 10.6 Å². The van der Waals surface area contributed by atoms with Crippen LogP contribution in [0.4, 0.5) is 23.0 Å². The number of rotatable bonds is 5. The number of nitrogens with zero attached hydrogens (tertiary/aromatic N) is 2. The van der Waals surface area contributed by atoms with Gasteiger partial charge in [0.25, 0.3) is 0 Å². The van der Waals surface area contributed by atoms with E-state index in [-0.39, 0.29) is 5.78 Å². The minimum absolute atomic E-state index is 0.0505. The average molecular weight is 346 g/mol. The second-order valence-corrected chi connectivity index (χ2v) is 6.34. The van der Waals surface area contributed by atoms with Crippen LogP contribution < -0.4 is 10.6 Å². The first-order chi connectivity index (χ1) is 12.4. The number of ketones is 1. The van der Waals surface area contributed by atoms with E-state index in [0.29, 0.717) is 17.2 Å². The van der Waals surface area contributed by atoms with E-state index in [0.717, 1.165) is 28.3 Å². The van der Waals surface area contributed by atoms with Gasteiger partial charge in [-0.25, -0.2) is 9.97 Å². The molecule has 0 saturated heterocycles. The van der Waals surface area contributed by atoms with Gasteiger partial charge in [-0.15, -0.1) is 0 Å². The van der Waals surface area contributed by atoms with Gasteiger partial charge in [0.05, 0.1) is 0 Å². The number of hydrogen-bond acceptors (Lipinski definition) is 5. The smallest absolute Gasteiger partial charge is 0.159 e. The van der Waals surface area contributed by atoms with Crippen molar-refractivity contribution < 1.29 is 4.79 Å². The molecule has 132 valence electrons. The predicted octanol–water partition coefficient (Wildman–Crippen LogP) is 5.09. The quantitative estimate of drug-likeness (QED) is 0.630. The van der Waals surface area contributed by atoms with Crippen molar-refractivity contribution in [3.05, 3.63) is 71.0 Å². The Morgan fingerprint density at radius 1 is 0.846 bits per heavy atom. The van der Waals surface area contributed by atoms with Crippen LogP contribution in [0.1, 0.15) is 34.2 Å². The number of hydrogen-bond donors (Lipinski definition) is 2. The molecular weight excluding hydrogens is 324 g/mol. The summed E-state index contributed by atoms with van der Waals surface area (Å²) in [5.41, 5.74) is 4.94. The molecule has 5 heteroatoms. The van der Waals surface area contributed by atoms with Crippen LogP contribution >= 0.6 is 0 Å². The third-order valence-electron chi connectivity index (χ3n) is 4.14. The Morgan fingerprint density at radius 3 is 2.00 bits per heavy atom. The minimum atomic E-state index is 0.0505. The molecule has 0 saturated carbocycles. The molecule has 0 spiro atoms. The Kier molecular flexibility index (Phi) is 4.98. The van der Waals surface area contributed by atoms with E-state index < -0.39 is 0 Å². The van der Waals surface area contributed by atoms with E-state index in [9.17, 15) is 4.79 Å². The summed E-state index contributed by atoms with van der Waals surface area (Å²) in [7, 11) is 0. The monoisotopic (exact) mass is 346 g/mol. The van der Waals surface area contributed by atoms with Gasteiger partial charge in [-0.3, -0.25) is 4.79 Å². The molecule has 26 heavy (non-hydrogen) atoms. The number of nitrogens with one attached hydrogen (secondary N) is 2. The van der Waals surface area contributed by atoms with Crippen LogP contribution in [0.3, 0.4) is 0 Å². The van der Waals surface area contributed by atoms with E-state index in [4.69, 9.17) is 0 Å². The lowest BCUT2D eigenvalue weighted by Gasteiger charge is -2.14. The summed E-state index contributed by atoms with van der Waals surface area (Å²) in [6.07, 6.45) is 0. The molecule has 0 radical (unpaired) electrons. The summed E-state index contributed by atoms with van der Waals surface area (Å²) >= 11 is 0. The first kappa shape index (κ1) is 17.6. The summed E-state index contributed by atoms with van der Waals surface area (Å²) in [6.45, 7) is 7.56. The number of carbonyl (C=O) groups excluding carboxylic acids is 1. The molecule has 2 N–H and O–H groups in total. The van der Waals surface area contributed by atoms with Gasteiger partial charge in [0.15, 0.2) is 5.78 Å². The maximum absolute atomic E-state index is 11.4. The number of anilines is 4. The van der Waals surface area contributed by atoms with Crippen LogP contribution in [0, 0.1) is 20.8 Å². The third-order valence-corrected chi connectivity index (χ3v) is 4.14. The molecule has 2 aromatic carbocycles. The second kappa shape index (κ2) is 7.35. The Hall–Kier alpha value is -3.21. The summed E-state index contributed by atoms with van der Waals surface area (Å²) < 4.78 is 0.